The Bertz CT molecular complexity index is 1180. The molecule has 9 nitrogen and oxygen atoms in total. The summed E-state index contributed by atoms with van der Waals surface area (Å²) in [6.07, 6.45) is 3.55. The van der Waals surface area contributed by atoms with Gasteiger partial charge in [-0.1, -0.05) is 57.9 Å². The molecule has 0 fully saturated rings. The molecule has 3 atom stereocenters. The van der Waals surface area contributed by atoms with Crippen LogP contribution < -0.4 is 10.6 Å². The molecule has 3 unspecified atom stereocenters. The average molecular weight is 598 g/mol. The van der Waals surface area contributed by atoms with Crippen molar-refractivity contribution < 1.29 is 29.3 Å². The summed E-state index contributed by atoms with van der Waals surface area (Å²) < 4.78 is 5.51. The Kier molecular flexibility index (Phi) is 13.8. The number of benzene rings is 2. The predicted octanol–water partition coefficient (Wildman–Crippen LogP) is 6.23. The van der Waals surface area contributed by atoms with Gasteiger partial charge in [-0.3, -0.25) is 9.59 Å². The number of hydrogen-bond acceptors (Lipinski definition) is 6. The van der Waals surface area contributed by atoms with Crippen LogP contribution in [0, 0.1) is 5.92 Å². The van der Waals surface area contributed by atoms with Gasteiger partial charge in [-0.15, -0.1) is 0 Å². The number of phenols is 2. The third-order valence-corrected chi connectivity index (χ3v) is 7.05. The number of alkyl carbamates (subject to hydrolysis) is 1. The van der Waals surface area contributed by atoms with Crippen molar-refractivity contribution in [3.63, 3.8) is 0 Å². The van der Waals surface area contributed by atoms with Crippen LogP contribution in [-0.4, -0.2) is 57.3 Å². The summed E-state index contributed by atoms with van der Waals surface area (Å²) in [7, 11) is 0. The fourth-order valence-corrected chi connectivity index (χ4v) is 4.83. The lowest BCUT2D eigenvalue weighted by Crippen LogP contribution is -2.56. The van der Waals surface area contributed by atoms with Gasteiger partial charge in [0.2, 0.25) is 11.8 Å². The van der Waals surface area contributed by atoms with Crippen LogP contribution in [-0.2, 0) is 20.7 Å². The van der Waals surface area contributed by atoms with Crippen molar-refractivity contribution in [3.8, 4) is 11.5 Å². The molecule has 9 heteroatoms. The zero-order valence-corrected chi connectivity index (χ0v) is 26.9. The molecule has 3 amide bonds. The highest BCUT2D eigenvalue weighted by Gasteiger charge is 2.39. The van der Waals surface area contributed by atoms with Crippen LogP contribution >= 0.6 is 0 Å². The van der Waals surface area contributed by atoms with E-state index in [1.807, 2.05) is 6.92 Å². The lowest BCUT2D eigenvalue weighted by molar-refractivity contribution is -0.145. The summed E-state index contributed by atoms with van der Waals surface area (Å²) in [6.45, 7) is 13.9. The van der Waals surface area contributed by atoms with Gasteiger partial charge < -0.3 is 30.5 Å². The number of ether oxygens (including phenoxy) is 1. The van der Waals surface area contributed by atoms with E-state index >= 15 is 0 Å². The number of phenolic OH excluding ortho intramolecular Hbond substituents is 2. The Hall–Kier alpha value is -3.75. The second-order valence-corrected chi connectivity index (χ2v) is 12.6. The number of nitrogens with one attached hydrogen (secondary N) is 2. The quantitative estimate of drug-likeness (QED) is 0.180. The number of amides is 3. The van der Waals surface area contributed by atoms with Crippen molar-refractivity contribution in [2.75, 3.05) is 6.54 Å². The maximum Gasteiger partial charge on any atom is 0.408 e. The van der Waals surface area contributed by atoms with Crippen LogP contribution in [0.15, 0.2) is 48.5 Å². The Balaban J connectivity index is 2.61. The summed E-state index contributed by atoms with van der Waals surface area (Å²) in [5.41, 5.74) is 0.390. The number of carbonyl (C=O) groups is 3. The fraction of sp³-hybridized carbons (Fsp3) is 0.559. The van der Waals surface area contributed by atoms with Gasteiger partial charge in [0.05, 0.1) is 0 Å². The summed E-state index contributed by atoms with van der Waals surface area (Å²) in [4.78, 5) is 43.1. The van der Waals surface area contributed by atoms with E-state index in [-0.39, 0.29) is 29.9 Å². The monoisotopic (exact) mass is 597 g/mol. The van der Waals surface area contributed by atoms with E-state index in [0.29, 0.717) is 30.0 Å². The minimum atomic E-state index is -1.08. The van der Waals surface area contributed by atoms with Crippen LogP contribution in [0.2, 0.25) is 0 Å². The highest BCUT2D eigenvalue weighted by atomic mass is 16.6. The minimum Gasteiger partial charge on any atom is -0.508 e. The van der Waals surface area contributed by atoms with Crippen LogP contribution in [0.1, 0.15) is 97.7 Å². The minimum absolute atomic E-state index is 0.0176. The molecule has 2 aromatic rings. The number of rotatable bonds is 15. The molecule has 43 heavy (non-hydrogen) atoms. The van der Waals surface area contributed by atoms with Gasteiger partial charge in [0.1, 0.15) is 29.2 Å². The molecular weight excluding hydrogens is 546 g/mol. The highest BCUT2D eigenvalue weighted by Crippen LogP contribution is 2.30. The van der Waals surface area contributed by atoms with Gasteiger partial charge >= 0.3 is 6.09 Å². The van der Waals surface area contributed by atoms with E-state index in [4.69, 9.17) is 4.74 Å². The molecule has 0 saturated heterocycles. The molecule has 0 bridgehead atoms. The third-order valence-electron chi connectivity index (χ3n) is 7.05. The second-order valence-electron chi connectivity index (χ2n) is 12.6. The summed E-state index contributed by atoms with van der Waals surface area (Å²) in [6, 6.07) is 10.3. The molecule has 0 aliphatic carbocycles. The lowest BCUT2D eigenvalue weighted by Gasteiger charge is -2.39. The van der Waals surface area contributed by atoms with Crippen LogP contribution in [0.25, 0.3) is 0 Å². The van der Waals surface area contributed by atoms with Gasteiger partial charge in [0, 0.05) is 19.0 Å². The van der Waals surface area contributed by atoms with E-state index in [2.05, 4.69) is 31.4 Å². The molecule has 0 spiro atoms. The highest BCUT2D eigenvalue weighted by molar-refractivity contribution is 5.92. The smallest absolute Gasteiger partial charge is 0.408 e. The molecule has 0 radical (unpaired) electrons. The average Bonchev–Trinajstić information content (AvgIpc) is 2.92. The zero-order chi connectivity index (χ0) is 32.2. The molecule has 0 heterocycles. The van der Waals surface area contributed by atoms with E-state index < -0.39 is 29.7 Å². The first-order chi connectivity index (χ1) is 20.2. The first kappa shape index (κ1) is 35.4. The molecule has 2 rings (SSSR count). The van der Waals surface area contributed by atoms with E-state index in [0.717, 1.165) is 25.7 Å². The molecule has 4 N–H and O–H groups in total. The maximum atomic E-state index is 14.6. The largest absolute Gasteiger partial charge is 0.508 e. The summed E-state index contributed by atoms with van der Waals surface area (Å²) in [5.74, 6) is -0.371. The van der Waals surface area contributed by atoms with E-state index in [1.165, 1.54) is 24.3 Å². The molecule has 2 aromatic carbocycles. The standard InChI is InChI=1S/C34H51N3O6/c1-8-9-10-20-35-31(40)30(26-12-11-13-28(39)22-26)37(24(4)15-14-23(2)3)32(41)29(36-33(42)43-34(5,6)7)21-25-16-18-27(38)19-17-25/h11-13,16-19,22-24,29-30,38-39H,8-10,14-15,20-21H2,1-7H3,(H,35,40)(H,36,42). The van der Waals surface area contributed by atoms with Gasteiger partial charge in [-0.2, -0.15) is 0 Å². The SMILES string of the molecule is CCCCCNC(=O)C(c1cccc(O)c1)N(C(=O)C(Cc1ccc(O)cc1)NC(=O)OC(C)(C)C)C(C)CCC(C)C. The number of nitrogens with zero attached hydrogens (tertiary/aromatic N) is 1. The van der Waals surface area contributed by atoms with Crippen molar-refractivity contribution in [1.29, 1.82) is 0 Å². The first-order valence-corrected chi connectivity index (χ1v) is 15.4. The Morgan fingerprint density at radius 2 is 1.60 bits per heavy atom. The van der Waals surface area contributed by atoms with Crippen molar-refractivity contribution in [1.82, 2.24) is 15.5 Å². The molecule has 238 valence electrons. The Morgan fingerprint density at radius 3 is 2.19 bits per heavy atom. The predicted molar refractivity (Wildman–Crippen MR) is 169 cm³/mol. The number of unbranched alkanes of at least 4 members (excludes halogenated alkanes) is 2. The molecule has 0 aliphatic rings. The van der Waals surface area contributed by atoms with Crippen LogP contribution in [0.3, 0.4) is 0 Å². The molecule has 0 aromatic heterocycles. The Labute approximate surface area is 257 Å². The van der Waals surface area contributed by atoms with Gasteiger partial charge in [0.25, 0.3) is 0 Å². The van der Waals surface area contributed by atoms with Crippen LogP contribution in [0.5, 0.6) is 11.5 Å². The number of carbonyl (C=O) groups excluding carboxylic acids is 3. The molecular formula is C34H51N3O6. The van der Waals surface area contributed by atoms with E-state index in [1.54, 1.807) is 49.9 Å². The van der Waals surface area contributed by atoms with Crippen molar-refractivity contribution in [2.24, 2.45) is 5.92 Å². The number of aromatic hydroxyl groups is 2. The third kappa shape index (κ3) is 12.2. The normalized spacial score (nSPS) is 13.6. The molecule has 0 saturated carbocycles. The fourth-order valence-electron chi connectivity index (χ4n) is 4.83. The first-order valence-electron chi connectivity index (χ1n) is 15.4. The zero-order valence-electron chi connectivity index (χ0n) is 26.9. The van der Waals surface area contributed by atoms with Crippen molar-refractivity contribution in [2.45, 2.75) is 111 Å². The number of hydrogen-bond donors (Lipinski definition) is 4. The van der Waals surface area contributed by atoms with Gasteiger partial charge in [-0.25, -0.2) is 4.79 Å². The van der Waals surface area contributed by atoms with Crippen molar-refractivity contribution in [3.05, 3.63) is 59.7 Å². The van der Waals surface area contributed by atoms with Gasteiger partial charge in [-0.05, 0) is 88.3 Å². The van der Waals surface area contributed by atoms with Crippen molar-refractivity contribution >= 4 is 17.9 Å². The maximum absolute atomic E-state index is 14.6. The van der Waals surface area contributed by atoms with Crippen LogP contribution in [0.4, 0.5) is 4.79 Å². The Morgan fingerprint density at radius 1 is 0.930 bits per heavy atom. The summed E-state index contributed by atoms with van der Waals surface area (Å²) in [5, 5.41) is 25.9. The van der Waals surface area contributed by atoms with Gasteiger partial charge in [0.15, 0.2) is 0 Å². The second kappa shape index (κ2) is 16.8. The molecule has 0 aliphatic heterocycles. The summed E-state index contributed by atoms with van der Waals surface area (Å²) >= 11 is 0. The lowest BCUT2D eigenvalue weighted by atomic mass is 9.95. The topological polar surface area (TPSA) is 128 Å². The van der Waals surface area contributed by atoms with E-state index in [9.17, 15) is 24.6 Å².